The van der Waals surface area contributed by atoms with Crippen molar-refractivity contribution >= 4 is 17.7 Å². The van der Waals surface area contributed by atoms with Crippen LogP contribution in [0.2, 0.25) is 0 Å². The first-order valence-electron chi connectivity index (χ1n) is 7.65. The van der Waals surface area contributed by atoms with Crippen molar-refractivity contribution in [2.75, 3.05) is 6.61 Å². The number of hydrogen-bond donors (Lipinski definition) is 1. The van der Waals surface area contributed by atoms with Gasteiger partial charge in [-0.1, -0.05) is 0 Å². The number of ether oxygens (including phenoxy) is 1. The van der Waals surface area contributed by atoms with Gasteiger partial charge in [0.2, 0.25) is 0 Å². The molecule has 0 saturated carbocycles. The van der Waals surface area contributed by atoms with Crippen molar-refractivity contribution in [2.45, 2.75) is 26.8 Å². The van der Waals surface area contributed by atoms with Crippen molar-refractivity contribution < 1.29 is 18.7 Å². The van der Waals surface area contributed by atoms with E-state index in [1.165, 1.54) is 10.8 Å². The number of hydrogen-bond acceptors (Lipinski definition) is 7. The normalized spacial score (nSPS) is 12.1. The predicted molar refractivity (Wildman–Crippen MR) is 85.8 cm³/mol. The number of carbonyl (C=O) groups excluding carboxylic acids is 2. The molecule has 25 heavy (non-hydrogen) atoms. The number of nitrogens with zero attached hydrogens (tertiary/aromatic N) is 4. The smallest absolute Gasteiger partial charge is 0.378 e. The van der Waals surface area contributed by atoms with Gasteiger partial charge in [0.1, 0.15) is 5.76 Å². The van der Waals surface area contributed by atoms with Crippen LogP contribution in [-0.2, 0) is 9.53 Å². The minimum atomic E-state index is -0.789. The second-order valence-electron chi connectivity index (χ2n) is 5.57. The van der Waals surface area contributed by atoms with E-state index in [0.29, 0.717) is 11.5 Å². The Morgan fingerprint density at radius 2 is 2.16 bits per heavy atom. The molecular weight excluding hydrogens is 326 g/mol. The molecule has 0 radical (unpaired) electrons. The number of rotatable bonds is 5. The molecule has 0 fully saturated rings. The second kappa shape index (κ2) is 6.71. The maximum Gasteiger partial charge on any atom is 0.378 e. The van der Waals surface area contributed by atoms with E-state index in [1.807, 2.05) is 19.9 Å². The summed E-state index contributed by atoms with van der Waals surface area (Å²) in [5, 5.41) is 6.72. The maximum absolute atomic E-state index is 12.0. The zero-order chi connectivity index (χ0) is 18.0. The molecule has 9 nitrogen and oxygen atoms in total. The van der Waals surface area contributed by atoms with Gasteiger partial charge >= 0.3 is 5.97 Å². The average molecular weight is 343 g/mol. The Morgan fingerprint density at radius 3 is 2.88 bits per heavy atom. The lowest BCUT2D eigenvalue weighted by Gasteiger charge is -2.11. The molecule has 3 aromatic heterocycles. The van der Waals surface area contributed by atoms with Crippen LogP contribution < -0.4 is 5.32 Å². The Labute approximate surface area is 143 Å². The monoisotopic (exact) mass is 343 g/mol. The number of carbonyl (C=O) groups is 2. The number of furan rings is 1. The fourth-order valence-corrected chi connectivity index (χ4v) is 2.34. The highest BCUT2D eigenvalue weighted by molar-refractivity contribution is 5.88. The second-order valence-corrected chi connectivity index (χ2v) is 5.57. The van der Waals surface area contributed by atoms with Crippen molar-refractivity contribution in [1.82, 2.24) is 24.9 Å². The van der Waals surface area contributed by atoms with Crippen LogP contribution in [0, 0.1) is 13.8 Å². The number of aromatic nitrogens is 4. The van der Waals surface area contributed by atoms with E-state index in [-0.39, 0.29) is 11.9 Å². The molecule has 0 aliphatic carbocycles. The van der Waals surface area contributed by atoms with Crippen LogP contribution >= 0.6 is 0 Å². The highest BCUT2D eigenvalue weighted by Gasteiger charge is 2.19. The first-order valence-corrected chi connectivity index (χ1v) is 7.65. The van der Waals surface area contributed by atoms with E-state index in [2.05, 4.69) is 20.4 Å². The molecule has 3 rings (SSSR count). The molecule has 9 heteroatoms. The Balaban J connectivity index is 1.61. The van der Waals surface area contributed by atoms with E-state index >= 15 is 0 Å². The summed E-state index contributed by atoms with van der Waals surface area (Å²) >= 11 is 0. The van der Waals surface area contributed by atoms with Crippen LogP contribution in [0.3, 0.4) is 0 Å². The third kappa shape index (κ3) is 3.65. The molecule has 1 amide bonds. The largest absolute Gasteiger partial charge is 0.467 e. The lowest BCUT2D eigenvalue weighted by atomic mass is 10.2. The Hall–Kier alpha value is -3.23. The van der Waals surface area contributed by atoms with Gasteiger partial charge in [0, 0.05) is 11.4 Å². The van der Waals surface area contributed by atoms with Gasteiger partial charge in [-0.25, -0.2) is 14.3 Å². The molecule has 0 saturated heterocycles. The highest BCUT2D eigenvalue weighted by atomic mass is 16.5. The molecule has 3 aromatic rings. The summed E-state index contributed by atoms with van der Waals surface area (Å²) in [6.07, 6.45) is 1.52. The average Bonchev–Trinajstić information content (AvgIpc) is 3.21. The number of aryl methyl sites for hydroxylation is 2. The lowest BCUT2D eigenvalue weighted by molar-refractivity contribution is -0.125. The molecule has 130 valence electrons. The summed E-state index contributed by atoms with van der Waals surface area (Å²) in [4.78, 5) is 32.1. The van der Waals surface area contributed by atoms with Gasteiger partial charge < -0.3 is 14.5 Å². The third-order valence-electron chi connectivity index (χ3n) is 3.48. The lowest BCUT2D eigenvalue weighted by Crippen LogP contribution is -2.31. The molecule has 0 spiro atoms. The fourth-order valence-electron chi connectivity index (χ4n) is 2.34. The summed E-state index contributed by atoms with van der Waals surface area (Å²) in [6, 6.07) is 4.96. The third-order valence-corrected chi connectivity index (χ3v) is 3.48. The summed E-state index contributed by atoms with van der Waals surface area (Å²) in [5.74, 6) is -0.471. The predicted octanol–water partition coefficient (Wildman–Crippen LogP) is 1.37. The number of esters is 1. The van der Waals surface area contributed by atoms with E-state index in [1.54, 1.807) is 19.1 Å². The van der Waals surface area contributed by atoms with Crippen LogP contribution in [0.1, 0.15) is 40.7 Å². The van der Waals surface area contributed by atoms with Gasteiger partial charge in [-0.3, -0.25) is 4.79 Å². The van der Waals surface area contributed by atoms with E-state index in [4.69, 9.17) is 9.15 Å². The summed E-state index contributed by atoms with van der Waals surface area (Å²) in [5.41, 5.74) is 1.56. The molecular formula is C16H17N5O4. The van der Waals surface area contributed by atoms with Crippen molar-refractivity contribution in [3.8, 4) is 0 Å². The topological polar surface area (TPSA) is 112 Å². The van der Waals surface area contributed by atoms with Crippen LogP contribution in [-0.4, -0.2) is 38.1 Å². The number of fused-ring (bicyclic) bond motifs is 1. The zero-order valence-electron chi connectivity index (χ0n) is 14.0. The molecule has 0 aromatic carbocycles. The van der Waals surface area contributed by atoms with Crippen LogP contribution in [0.25, 0.3) is 5.78 Å². The number of amides is 1. The summed E-state index contributed by atoms with van der Waals surface area (Å²) in [6.45, 7) is 4.98. The van der Waals surface area contributed by atoms with Gasteiger partial charge in [-0.15, -0.1) is 5.10 Å². The van der Waals surface area contributed by atoms with Gasteiger partial charge in [-0.05, 0) is 39.0 Å². The molecule has 0 aliphatic rings. The fraction of sp³-hybridized carbons (Fsp3) is 0.312. The van der Waals surface area contributed by atoms with Crippen molar-refractivity contribution in [1.29, 1.82) is 0 Å². The maximum atomic E-state index is 12.0. The molecule has 1 N–H and O–H groups in total. The van der Waals surface area contributed by atoms with Crippen LogP contribution in [0.4, 0.5) is 0 Å². The van der Waals surface area contributed by atoms with Gasteiger partial charge in [0.25, 0.3) is 17.5 Å². The van der Waals surface area contributed by atoms with Gasteiger partial charge in [0.15, 0.2) is 6.61 Å². The standard InChI is InChI=1S/C16H17N5O4/c1-9-7-10(2)21-16(17-9)19-14(20-21)15(23)25-8-13(22)18-11(3)12-5-4-6-24-12/h4-7,11H,8H2,1-3H3,(H,18,22)/t11-/m0/s1. The first-order chi connectivity index (χ1) is 11.9. The van der Waals surface area contributed by atoms with Crippen molar-refractivity contribution in [3.63, 3.8) is 0 Å². The van der Waals surface area contributed by atoms with E-state index in [0.717, 1.165) is 11.4 Å². The van der Waals surface area contributed by atoms with Crippen LogP contribution in [0.15, 0.2) is 28.9 Å². The minimum Gasteiger partial charge on any atom is -0.467 e. The Kier molecular flexibility index (Phi) is 4.46. The zero-order valence-corrected chi connectivity index (χ0v) is 14.0. The quantitative estimate of drug-likeness (QED) is 0.696. The number of nitrogens with one attached hydrogen (secondary N) is 1. The highest BCUT2D eigenvalue weighted by Crippen LogP contribution is 2.12. The molecule has 1 atom stereocenters. The minimum absolute atomic E-state index is 0.145. The molecule has 0 aliphatic heterocycles. The summed E-state index contributed by atoms with van der Waals surface area (Å²) < 4.78 is 11.6. The molecule has 3 heterocycles. The Morgan fingerprint density at radius 1 is 1.36 bits per heavy atom. The summed E-state index contributed by atoms with van der Waals surface area (Å²) in [7, 11) is 0. The van der Waals surface area contributed by atoms with Crippen molar-refractivity contribution in [2.24, 2.45) is 0 Å². The SMILES string of the molecule is Cc1cc(C)n2nc(C(=O)OCC(=O)N[C@@H](C)c3ccco3)nc2n1. The van der Waals surface area contributed by atoms with Crippen LogP contribution in [0.5, 0.6) is 0 Å². The van der Waals surface area contributed by atoms with Gasteiger partial charge in [-0.2, -0.15) is 4.98 Å². The Bertz CT molecular complexity index is 916. The first kappa shape index (κ1) is 16.6. The molecule has 0 unspecified atom stereocenters. The van der Waals surface area contributed by atoms with E-state index in [9.17, 15) is 9.59 Å². The van der Waals surface area contributed by atoms with E-state index < -0.39 is 18.5 Å². The molecule has 0 bridgehead atoms. The van der Waals surface area contributed by atoms with Crippen molar-refractivity contribution in [3.05, 3.63) is 47.4 Å². The van der Waals surface area contributed by atoms with Gasteiger partial charge in [0.05, 0.1) is 12.3 Å².